The van der Waals surface area contributed by atoms with E-state index in [2.05, 4.69) is 12.1 Å². The average molecular weight is 238 g/mol. The third kappa shape index (κ3) is 3.23. The Balaban J connectivity index is 2.02. The Hall–Kier alpha value is -0.530. The van der Waals surface area contributed by atoms with Crippen molar-refractivity contribution < 1.29 is 0 Å². The monoisotopic (exact) mass is 237 g/mol. The van der Waals surface area contributed by atoms with Crippen LogP contribution < -0.4 is 5.73 Å². The lowest BCUT2D eigenvalue weighted by Crippen LogP contribution is -2.30. The minimum absolute atomic E-state index is 0.376. The third-order valence-electron chi connectivity index (χ3n) is 3.60. The Kier molecular flexibility index (Phi) is 4.25. The van der Waals surface area contributed by atoms with Crippen LogP contribution in [0.2, 0.25) is 5.02 Å². The first-order valence-electron chi connectivity index (χ1n) is 6.26. The summed E-state index contributed by atoms with van der Waals surface area (Å²) in [6.45, 7) is 0. The molecule has 2 heteroatoms. The zero-order valence-electron chi connectivity index (χ0n) is 9.66. The van der Waals surface area contributed by atoms with Crippen molar-refractivity contribution >= 4 is 11.6 Å². The Morgan fingerprint density at radius 1 is 1.19 bits per heavy atom. The zero-order chi connectivity index (χ0) is 11.4. The van der Waals surface area contributed by atoms with Crippen LogP contribution in [-0.2, 0) is 6.42 Å². The number of rotatable bonds is 2. The van der Waals surface area contributed by atoms with E-state index in [1.54, 1.807) is 0 Å². The molecule has 0 heterocycles. The lowest BCUT2D eigenvalue weighted by atomic mass is 9.89. The Labute approximate surface area is 103 Å². The van der Waals surface area contributed by atoms with E-state index < -0.39 is 0 Å². The molecular weight excluding hydrogens is 218 g/mol. The van der Waals surface area contributed by atoms with Gasteiger partial charge in [0.05, 0.1) is 0 Å². The first kappa shape index (κ1) is 11.9. The van der Waals surface area contributed by atoms with Crippen molar-refractivity contribution in [2.45, 2.75) is 44.6 Å². The van der Waals surface area contributed by atoms with E-state index in [9.17, 15) is 0 Å². The first-order chi connectivity index (χ1) is 7.75. The quantitative estimate of drug-likeness (QED) is 0.779. The van der Waals surface area contributed by atoms with Crippen LogP contribution in [0.5, 0.6) is 0 Å². The molecule has 0 aliphatic heterocycles. The van der Waals surface area contributed by atoms with Gasteiger partial charge < -0.3 is 5.73 Å². The van der Waals surface area contributed by atoms with E-state index in [0.717, 1.165) is 11.4 Å². The van der Waals surface area contributed by atoms with E-state index in [4.69, 9.17) is 17.3 Å². The molecule has 0 bridgehead atoms. The molecule has 88 valence electrons. The largest absolute Gasteiger partial charge is 0.327 e. The lowest BCUT2D eigenvalue weighted by molar-refractivity contribution is 0.395. The van der Waals surface area contributed by atoms with Crippen molar-refractivity contribution in [2.75, 3.05) is 0 Å². The van der Waals surface area contributed by atoms with Crippen molar-refractivity contribution in [1.82, 2.24) is 0 Å². The van der Waals surface area contributed by atoms with Crippen LogP contribution in [0.25, 0.3) is 0 Å². The molecule has 1 saturated carbocycles. The molecule has 2 N–H and O–H groups in total. The van der Waals surface area contributed by atoms with Gasteiger partial charge in [-0.1, -0.05) is 43.0 Å². The van der Waals surface area contributed by atoms with Crippen molar-refractivity contribution in [3.05, 3.63) is 34.9 Å². The maximum absolute atomic E-state index is 6.23. The maximum atomic E-state index is 6.23. The van der Waals surface area contributed by atoms with Crippen LogP contribution in [0.4, 0.5) is 0 Å². The Morgan fingerprint density at radius 2 is 2.00 bits per heavy atom. The predicted octanol–water partition coefficient (Wildman–Crippen LogP) is 3.79. The molecule has 16 heavy (non-hydrogen) atoms. The van der Waals surface area contributed by atoms with Gasteiger partial charge in [0, 0.05) is 11.1 Å². The van der Waals surface area contributed by atoms with Crippen LogP contribution in [-0.4, -0.2) is 6.04 Å². The summed E-state index contributed by atoms with van der Waals surface area (Å²) in [5, 5.41) is 0.833. The van der Waals surface area contributed by atoms with Gasteiger partial charge in [0.1, 0.15) is 0 Å². The molecule has 1 nitrogen and oxygen atoms in total. The van der Waals surface area contributed by atoms with Crippen LogP contribution >= 0.6 is 11.6 Å². The summed E-state index contributed by atoms with van der Waals surface area (Å²) in [6, 6.07) is 8.56. The summed E-state index contributed by atoms with van der Waals surface area (Å²) in [5.41, 5.74) is 7.56. The fraction of sp³-hybridized carbons (Fsp3) is 0.571. The first-order valence-corrected chi connectivity index (χ1v) is 6.63. The third-order valence-corrected chi connectivity index (χ3v) is 3.84. The molecular formula is C14H20ClN. The Bertz CT molecular complexity index is 337. The van der Waals surface area contributed by atoms with Crippen molar-refractivity contribution in [1.29, 1.82) is 0 Å². The summed E-state index contributed by atoms with van der Waals surface area (Å²) < 4.78 is 0. The van der Waals surface area contributed by atoms with Gasteiger partial charge in [0.25, 0.3) is 0 Å². The van der Waals surface area contributed by atoms with Gasteiger partial charge >= 0.3 is 0 Å². The smallest absolute Gasteiger partial charge is 0.0408 e. The highest BCUT2D eigenvalue weighted by Gasteiger charge is 2.20. The summed E-state index contributed by atoms with van der Waals surface area (Å²) in [4.78, 5) is 0. The van der Waals surface area contributed by atoms with Crippen molar-refractivity contribution in [2.24, 2.45) is 11.7 Å². The lowest BCUT2D eigenvalue weighted by Gasteiger charge is -2.21. The summed E-state index contributed by atoms with van der Waals surface area (Å²) in [6.07, 6.45) is 7.52. The van der Waals surface area contributed by atoms with Crippen molar-refractivity contribution in [3.63, 3.8) is 0 Å². The molecule has 0 amide bonds. The topological polar surface area (TPSA) is 26.0 Å². The van der Waals surface area contributed by atoms with Gasteiger partial charge in [-0.15, -0.1) is 0 Å². The fourth-order valence-electron chi connectivity index (χ4n) is 2.63. The summed E-state index contributed by atoms with van der Waals surface area (Å²) in [5.74, 6) is 0.640. The number of hydrogen-bond donors (Lipinski definition) is 1. The second-order valence-corrected chi connectivity index (χ2v) is 5.33. The van der Waals surface area contributed by atoms with Gasteiger partial charge in [-0.05, 0) is 42.9 Å². The van der Waals surface area contributed by atoms with E-state index >= 15 is 0 Å². The van der Waals surface area contributed by atoms with Crippen LogP contribution in [0.3, 0.4) is 0 Å². The second kappa shape index (κ2) is 5.70. The SMILES string of the molecule is NC1CCCCCC1Cc1cccc(Cl)c1. The number of halogens is 1. The average Bonchev–Trinajstić information content (AvgIpc) is 2.45. The standard InChI is InChI=1S/C14H20ClN/c15-13-7-4-5-11(10-13)9-12-6-2-1-3-8-14(12)16/h4-5,7,10,12,14H,1-3,6,8-9,16H2. The Morgan fingerprint density at radius 3 is 2.81 bits per heavy atom. The molecule has 1 aromatic carbocycles. The van der Waals surface area contributed by atoms with Crippen molar-refractivity contribution in [3.8, 4) is 0 Å². The van der Waals surface area contributed by atoms with Gasteiger partial charge in [0.15, 0.2) is 0 Å². The normalized spacial score (nSPS) is 26.4. The van der Waals surface area contributed by atoms with E-state index in [1.807, 2.05) is 12.1 Å². The van der Waals surface area contributed by atoms with E-state index in [1.165, 1.54) is 37.7 Å². The number of hydrogen-bond acceptors (Lipinski definition) is 1. The highest BCUT2D eigenvalue weighted by atomic mass is 35.5. The van der Waals surface area contributed by atoms with Crippen LogP contribution in [0.1, 0.15) is 37.7 Å². The molecule has 2 unspecified atom stereocenters. The van der Waals surface area contributed by atoms with Gasteiger partial charge in [-0.3, -0.25) is 0 Å². The molecule has 0 radical (unpaired) electrons. The molecule has 2 atom stereocenters. The summed E-state index contributed by atoms with van der Waals surface area (Å²) >= 11 is 6.00. The minimum atomic E-state index is 0.376. The summed E-state index contributed by atoms with van der Waals surface area (Å²) in [7, 11) is 0. The number of benzene rings is 1. The molecule has 1 fully saturated rings. The molecule has 0 aromatic heterocycles. The molecule has 2 rings (SSSR count). The predicted molar refractivity (Wildman–Crippen MR) is 69.7 cm³/mol. The van der Waals surface area contributed by atoms with E-state index in [-0.39, 0.29) is 0 Å². The van der Waals surface area contributed by atoms with Gasteiger partial charge in [-0.25, -0.2) is 0 Å². The fourth-order valence-corrected chi connectivity index (χ4v) is 2.85. The molecule has 1 aliphatic carbocycles. The molecule has 0 spiro atoms. The van der Waals surface area contributed by atoms with Crippen LogP contribution in [0, 0.1) is 5.92 Å². The molecule has 0 saturated heterocycles. The minimum Gasteiger partial charge on any atom is -0.327 e. The van der Waals surface area contributed by atoms with Crippen LogP contribution in [0.15, 0.2) is 24.3 Å². The molecule has 1 aromatic rings. The highest BCUT2D eigenvalue weighted by Crippen LogP contribution is 2.26. The van der Waals surface area contributed by atoms with Gasteiger partial charge in [-0.2, -0.15) is 0 Å². The zero-order valence-corrected chi connectivity index (χ0v) is 10.4. The van der Waals surface area contributed by atoms with Gasteiger partial charge in [0.2, 0.25) is 0 Å². The highest BCUT2D eigenvalue weighted by molar-refractivity contribution is 6.30. The number of nitrogens with two attached hydrogens (primary N) is 1. The maximum Gasteiger partial charge on any atom is 0.0408 e. The second-order valence-electron chi connectivity index (χ2n) is 4.90. The van der Waals surface area contributed by atoms with E-state index in [0.29, 0.717) is 12.0 Å². The molecule has 1 aliphatic rings.